The largest absolute Gasteiger partial charge is 0.314 e. The minimum absolute atomic E-state index is 0.729. The molecule has 3 fully saturated rings. The normalized spacial score (nSPS) is 39.0. The topological polar surface area (TPSA) is 21.8 Å². The lowest BCUT2D eigenvalue weighted by Gasteiger charge is -2.45. The van der Waals surface area contributed by atoms with Crippen LogP contribution in [0.25, 0.3) is 0 Å². The molecule has 3 saturated heterocycles. The highest BCUT2D eigenvalue weighted by atomic mass is 15.3. The average molecular weight is 294 g/mol. The van der Waals surface area contributed by atoms with Gasteiger partial charge in [0.15, 0.2) is 0 Å². The molecule has 3 atom stereocenters. The number of fused-ring (bicyclic) bond motifs is 2. The van der Waals surface area contributed by atoms with E-state index >= 15 is 0 Å². The number of rotatable bonds is 5. The van der Waals surface area contributed by atoms with Crippen molar-refractivity contribution >= 4 is 0 Å². The van der Waals surface area contributed by atoms with E-state index in [1.54, 1.807) is 0 Å². The summed E-state index contributed by atoms with van der Waals surface area (Å²) in [5.74, 6) is 0. The van der Waals surface area contributed by atoms with Crippen LogP contribution in [0.2, 0.25) is 0 Å². The second kappa shape index (κ2) is 6.95. The van der Waals surface area contributed by atoms with Gasteiger partial charge in [-0.05, 0) is 52.7 Å². The Kier molecular flexibility index (Phi) is 5.20. The first-order valence-electron chi connectivity index (χ1n) is 9.05. The summed E-state index contributed by atoms with van der Waals surface area (Å²) in [5.41, 5.74) is 0. The van der Waals surface area contributed by atoms with E-state index in [2.05, 4.69) is 41.0 Å². The highest BCUT2D eigenvalue weighted by molar-refractivity contribution is 4.99. The van der Waals surface area contributed by atoms with Gasteiger partial charge in [0.1, 0.15) is 0 Å². The summed E-state index contributed by atoms with van der Waals surface area (Å²) < 4.78 is 0. The van der Waals surface area contributed by atoms with Gasteiger partial charge in [-0.3, -0.25) is 9.80 Å². The van der Waals surface area contributed by atoms with Gasteiger partial charge in [0, 0.05) is 50.3 Å². The van der Waals surface area contributed by atoms with E-state index in [4.69, 9.17) is 0 Å². The Hall–Kier alpha value is -0.160. The Labute approximate surface area is 130 Å². The van der Waals surface area contributed by atoms with E-state index in [0.717, 1.165) is 24.2 Å². The van der Waals surface area contributed by atoms with Crippen molar-refractivity contribution in [1.82, 2.24) is 20.0 Å². The number of likely N-dealkylation sites (N-methyl/N-ethyl adjacent to an activating group) is 2. The van der Waals surface area contributed by atoms with Crippen molar-refractivity contribution in [3.05, 3.63) is 0 Å². The van der Waals surface area contributed by atoms with Gasteiger partial charge in [0.2, 0.25) is 0 Å². The molecule has 122 valence electrons. The van der Waals surface area contributed by atoms with Crippen molar-refractivity contribution in [2.75, 3.05) is 46.8 Å². The van der Waals surface area contributed by atoms with E-state index in [1.807, 2.05) is 0 Å². The third-order valence-electron chi connectivity index (χ3n) is 5.97. The number of hydrogen-bond donors (Lipinski definition) is 1. The Bertz CT molecular complexity index is 321. The van der Waals surface area contributed by atoms with Crippen LogP contribution in [0.1, 0.15) is 39.0 Å². The van der Waals surface area contributed by atoms with E-state index < -0.39 is 0 Å². The molecule has 3 aliphatic rings. The fourth-order valence-corrected chi connectivity index (χ4v) is 4.63. The Balaban J connectivity index is 1.55. The molecule has 3 unspecified atom stereocenters. The van der Waals surface area contributed by atoms with Crippen LogP contribution in [0.3, 0.4) is 0 Å². The number of hydrogen-bond acceptors (Lipinski definition) is 4. The number of piperazine rings is 1. The molecule has 0 aromatic rings. The third kappa shape index (κ3) is 3.61. The molecule has 0 aliphatic carbocycles. The van der Waals surface area contributed by atoms with E-state index in [1.165, 1.54) is 64.8 Å². The van der Waals surface area contributed by atoms with Crippen LogP contribution in [0.15, 0.2) is 0 Å². The summed E-state index contributed by atoms with van der Waals surface area (Å²) in [4.78, 5) is 7.95. The van der Waals surface area contributed by atoms with Gasteiger partial charge in [-0.2, -0.15) is 0 Å². The highest BCUT2D eigenvalue weighted by Crippen LogP contribution is 2.36. The smallest absolute Gasteiger partial charge is 0.0348 e. The van der Waals surface area contributed by atoms with E-state index in [0.29, 0.717) is 0 Å². The van der Waals surface area contributed by atoms with Gasteiger partial charge < -0.3 is 10.2 Å². The summed E-state index contributed by atoms with van der Waals surface area (Å²) >= 11 is 0. The van der Waals surface area contributed by atoms with Crippen LogP contribution >= 0.6 is 0 Å². The third-order valence-corrected chi connectivity index (χ3v) is 5.97. The van der Waals surface area contributed by atoms with E-state index in [9.17, 15) is 0 Å². The van der Waals surface area contributed by atoms with Crippen LogP contribution in [-0.4, -0.2) is 85.7 Å². The molecule has 0 aromatic heterocycles. The maximum Gasteiger partial charge on any atom is 0.0348 e. The highest BCUT2D eigenvalue weighted by Gasteiger charge is 2.41. The number of nitrogens with zero attached hydrogens (tertiary/aromatic N) is 3. The Morgan fingerprint density at radius 1 is 1.05 bits per heavy atom. The van der Waals surface area contributed by atoms with Crippen molar-refractivity contribution in [2.24, 2.45) is 0 Å². The first-order valence-corrected chi connectivity index (χ1v) is 9.05. The van der Waals surface area contributed by atoms with Gasteiger partial charge in [-0.25, -0.2) is 0 Å². The Morgan fingerprint density at radius 3 is 2.43 bits per heavy atom. The van der Waals surface area contributed by atoms with Crippen molar-refractivity contribution in [3.8, 4) is 0 Å². The lowest BCUT2D eigenvalue weighted by atomic mass is 9.96. The van der Waals surface area contributed by atoms with Crippen LogP contribution in [0.4, 0.5) is 0 Å². The summed E-state index contributed by atoms with van der Waals surface area (Å²) in [6.07, 6.45) is 6.88. The monoisotopic (exact) mass is 294 g/mol. The minimum Gasteiger partial charge on any atom is -0.314 e. The summed E-state index contributed by atoms with van der Waals surface area (Å²) in [6, 6.07) is 3.20. The average Bonchev–Trinajstić information content (AvgIpc) is 2.71. The molecular weight excluding hydrogens is 260 g/mol. The van der Waals surface area contributed by atoms with Crippen molar-refractivity contribution in [1.29, 1.82) is 0 Å². The molecule has 3 aliphatic heterocycles. The second-order valence-electron chi connectivity index (χ2n) is 7.60. The van der Waals surface area contributed by atoms with Crippen molar-refractivity contribution in [3.63, 3.8) is 0 Å². The van der Waals surface area contributed by atoms with Gasteiger partial charge >= 0.3 is 0 Å². The van der Waals surface area contributed by atoms with E-state index in [-0.39, 0.29) is 0 Å². The SMILES string of the molecule is CCCNC1CC2CCC(C1)N2CC1CN(C)CCN1C. The Morgan fingerprint density at radius 2 is 1.76 bits per heavy atom. The standard InChI is InChI=1S/C17H34N4/c1-4-7-18-14-10-15-5-6-16(11-14)21(15)13-17-12-19(2)8-9-20(17)3/h14-18H,4-13H2,1-3H3. The molecule has 21 heavy (non-hydrogen) atoms. The maximum absolute atomic E-state index is 3.77. The van der Waals surface area contributed by atoms with Crippen LogP contribution < -0.4 is 5.32 Å². The van der Waals surface area contributed by atoms with Gasteiger partial charge in [-0.1, -0.05) is 6.92 Å². The zero-order valence-corrected chi connectivity index (χ0v) is 14.2. The molecule has 4 nitrogen and oxygen atoms in total. The van der Waals surface area contributed by atoms with Gasteiger partial charge in [0.25, 0.3) is 0 Å². The maximum atomic E-state index is 3.77. The molecule has 4 heteroatoms. The van der Waals surface area contributed by atoms with Gasteiger partial charge in [0.05, 0.1) is 0 Å². The molecule has 1 N–H and O–H groups in total. The lowest BCUT2D eigenvalue weighted by Crippen LogP contribution is -2.58. The molecule has 0 aromatic carbocycles. The fraction of sp³-hybridized carbons (Fsp3) is 1.00. The first kappa shape index (κ1) is 15.7. The molecule has 0 saturated carbocycles. The lowest BCUT2D eigenvalue weighted by molar-refractivity contribution is 0.0437. The summed E-state index contributed by atoms with van der Waals surface area (Å²) in [7, 11) is 4.59. The van der Waals surface area contributed by atoms with Crippen molar-refractivity contribution < 1.29 is 0 Å². The molecule has 3 rings (SSSR count). The molecule has 3 heterocycles. The zero-order valence-electron chi connectivity index (χ0n) is 14.2. The van der Waals surface area contributed by atoms with Crippen LogP contribution in [-0.2, 0) is 0 Å². The summed E-state index contributed by atoms with van der Waals surface area (Å²) in [5, 5.41) is 3.77. The molecular formula is C17H34N4. The zero-order chi connectivity index (χ0) is 14.8. The fourth-order valence-electron chi connectivity index (χ4n) is 4.63. The molecule has 0 amide bonds. The second-order valence-corrected chi connectivity index (χ2v) is 7.60. The quantitative estimate of drug-likeness (QED) is 0.823. The predicted octanol–water partition coefficient (Wildman–Crippen LogP) is 1.23. The van der Waals surface area contributed by atoms with Crippen LogP contribution in [0.5, 0.6) is 0 Å². The number of piperidine rings is 1. The molecule has 0 spiro atoms. The summed E-state index contributed by atoms with van der Waals surface area (Å²) in [6.45, 7) is 8.45. The van der Waals surface area contributed by atoms with Crippen molar-refractivity contribution in [2.45, 2.75) is 63.2 Å². The predicted molar refractivity (Wildman–Crippen MR) is 88.7 cm³/mol. The van der Waals surface area contributed by atoms with Crippen LogP contribution in [0, 0.1) is 0 Å². The van der Waals surface area contributed by atoms with Gasteiger partial charge in [-0.15, -0.1) is 0 Å². The number of nitrogens with one attached hydrogen (secondary N) is 1. The first-order chi connectivity index (χ1) is 10.2. The molecule has 2 bridgehead atoms. The minimum atomic E-state index is 0.729. The molecule has 0 radical (unpaired) electrons.